The summed E-state index contributed by atoms with van der Waals surface area (Å²) in [5.74, 6) is -3.05. The fourth-order valence-electron chi connectivity index (χ4n) is 7.87. The lowest BCUT2D eigenvalue weighted by molar-refractivity contribution is -0.259. The van der Waals surface area contributed by atoms with Crippen molar-refractivity contribution in [2.24, 2.45) is 35.0 Å². The monoisotopic (exact) mass is 370 g/mol. The van der Waals surface area contributed by atoms with Gasteiger partial charge in [-0.1, -0.05) is 6.92 Å². The summed E-state index contributed by atoms with van der Waals surface area (Å²) in [6.45, 7) is 5.24. The number of halogens is 2. The van der Waals surface area contributed by atoms with Crippen molar-refractivity contribution in [1.82, 2.24) is 0 Å². The van der Waals surface area contributed by atoms with Crippen LogP contribution in [0.2, 0.25) is 0 Å². The van der Waals surface area contributed by atoms with Crippen LogP contribution in [0.4, 0.5) is 8.78 Å². The average molecular weight is 370 g/mol. The highest BCUT2D eigenvalue weighted by Gasteiger charge is 2.68. The van der Waals surface area contributed by atoms with E-state index in [0.717, 1.165) is 32.1 Å². The summed E-state index contributed by atoms with van der Waals surface area (Å²) in [5.41, 5.74) is -1.06. The Balaban J connectivity index is 1.46. The van der Waals surface area contributed by atoms with Gasteiger partial charge in [0.05, 0.1) is 18.8 Å². The Morgan fingerprint density at radius 2 is 1.50 bits per heavy atom. The van der Waals surface area contributed by atoms with Crippen LogP contribution in [0.25, 0.3) is 0 Å². The van der Waals surface area contributed by atoms with Gasteiger partial charge in [-0.15, -0.1) is 0 Å². The van der Waals surface area contributed by atoms with Crippen molar-refractivity contribution in [2.75, 3.05) is 13.2 Å². The van der Waals surface area contributed by atoms with Crippen molar-refractivity contribution in [3.05, 3.63) is 0 Å². The molecule has 1 saturated heterocycles. The van der Waals surface area contributed by atoms with Gasteiger partial charge in [-0.2, -0.15) is 0 Å². The molecule has 0 amide bonds. The molecule has 5 heteroatoms. The Labute approximate surface area is 154 Å². The summed E-state index contributed by atoms with van der Waals surface area (Å²) < 4.78 is 42.7. The fourth-order valence-corrected chi connectivity index (χ4v) is 7.87. The molecular weight excluding hydrogens is 338 g/mol. The lowest BCUT2D eigenvalue weighted by Crippen LogP contribution is -2.59. The van der Waals surface area contributed by atoms with Crippen LogP contribution < -0.4 is 0 Å². The SMILES string of the molecule is C[C@@]1(O)CC[C@@H]2C3CC[C@@]4(C)C(CCC45OCCO5)[C@@H]3CC(F)(F)C2C1. The van der Waals surface area contributed by atoms with Crippen LogP contribution >= 0.6 is 0 Å². The summed E-state index contributed by atoms with van der Waals surface area (Å²) in [6, 6.07) is 0. The first-order chi connectivity index (χ1) is 12.2. The third-order valence-corrected chi connectivity index (χ3v) is 9.08. The van der Waals surface area contributed by atoms with E-state index in [-0.39, 0.29) is 36.0 Å². The number of hydrogen-bond acceptors (Lipinski definition) is 3. The van der Waals surface area contributed by atoms with E-state index in [1.54, 1.807) is 6.92 Å². The Morgan fingerprint density at radius 1 is 0.808 bits per heavy atom. The van der Waals surface area contributed by atoms with Gasteiger partial charge in [0.25, 0.3) is 5.92 Å². The minimum absolute atomic E-state index is 0.00868. The van der Waals surface area contributed by atoms with E-state index in [2.05, 4.69) is 6.92 Å². The van der Waals surface area contributed by atoms with Crippen molar-refractivity contribution >= 4 is 0 Å². The molecule has 3 unspecified atom stereocenters. The molecule has 0 aromatic carbocycles. The van der Waals surface area contributed by atoms with Crippen LogP contribution in [-0.2, 0) is 9.47 Å². The number of fused-ring (bicyclic) bond motifs is 6. The second-order valence-electron chi connectivity index (χ2n) is 10.4. The first-order valence-corrected chi connectivity index (χ1v) is 10.6. The number of hydrogen-bond donors (Lipinski definition) is 1. The van der Waals surface area contributed by atoms with E-state index in [1.807, 2.05) is 0 Å². The van der Waals surface area contributed by atoms with Gasteiger partial charge in [0, 0.05) is 24.2 Å². The van der Waals surface area contributed by atoms with Gasteiger partial charge >= 0.3 is 0 Å². The van der Waals surface area contributed by atoms with E-state index in [1.165, 1.54) is 0 Å². The minimum Gasteiger partial charge on any atom is -0.390 e. The van der Waals surface area contributed by atoms with Crippen molar-refractivity contribution in [3.63, 3.8) is 0 Å². The van der Waals surface area contributed by atoms with Crippen LogP contribution in [-0.4, -0.2) is 35.6 Å². The summed E-state index contributed by atoms with van der Waals surface area (Å²) in [6.07, 6.45) is 5.48. The zero-order valence-electron chi connectivity index (χ0n) is 16.0. The molecule has 5 rings (SSSR count). The molecule has 1 heterocycles. The van der Waals surface area contributed by atoms with Crippen LogP contribution in [0.5, 0.6) is 0 Å². The first-order valence-electron chi connectivity index (χ1n) is 10.6. The summed E-state index contributed by atoms with van der Waals surface area (Å²) in [5, 5.41) is 10.4. The molecule has 5 fully saturated rings. The maximum atomic E-state index is 15.2. The smallest absolute Gasteiger partial charge is 0.251 e. The molecule has 4 saturated carbocycles. The Bertz CT molecular complexity index is 586. The van der Waals surface area contributed by atoms with Crippen molar-refractivity contribution in [2.45, 2.75) is 82.5 Å². The normalized spacial score (nSPS) is 54.6. The minimum atomic E-state index is -2.67. The standard InChI is InChI=1S/C21H32F2O3/c1-18(24)6-3-14-13-4-7-19(2)16(5-8-21(19)25-9-10-26-21)15(13)11-20(22,23)17(14)12-18/h13-17,24H,3-12H2,1-2H3/t13?,14-,15-,16?,17?,18-,19+/m1/s1. The van der Waals surface area contributed by atoms with E-state index >= 15 is 8.78 Å². The van der Waals surface area contributed by atoms with Gasteiger partial charge in [-0.3, -0.25) is 0 Å². The molecule has 1 N–H and O–H groups in total. The largest absolute Gasteiger partial charge is 0.390 e. The molecule has 0 aromatic rings. The van der Waals surface area contributed by atoms with Gasteiger partial charge in [-0.05, 0) is 69.1 Å². The number of alkyl halides is 2. The number of aliphatic hydroxyl groups is 1. The Kier molecular flexibility index (Phi) is 3.71. The van der Waals surface area contributed by atoms with Gasteiger partial charge < -0.3 is 14.6 Å². The van der Waals surface area contributed by atoms with Gasteiger partial charge in [0.2, 0.25) is 0 Å². The van der Waals surface area contributed by atoms with Gasteiger partial charge in [0.15, 0.2) is 5.79 Å². The van der Waals surface area contributed by atoms with E-state index in [0.29, 0.717) is 25.6 Å². The molecule has 5 aliphatic rings. The molecule has 26 heavy (non-hydrogen) atoms. The first kappa shape index (κ1) is 17.8. The zero-order valence-corrected chi connectivity index (χ0v) is 16.0. The summed E-state index contributed by atoms with van der Waals surface area (Å²) in [7, 11) is 0. The van der Waals surface area contributed by atoms with Crippen LogP contribution in [0.3, 0.4) is 0 Å². The van der Waals surface area contributed by atoms with E-state index < -0.39 is 23.2 Å². The highest BCUT2D eigenvalue weighted by Crippen LogP contribution is 2.69. The molecular formula is C21H32F2O3. The Hall–Kier alpha value is -0.260. The average Bonchev–Trinajstić information content (AvgIpc) is 3.14. The van der Waals surface area contributed by atoms with Crippen molar-refractivity contribution in [3.8, 4) is 0 Å². The van der Waals surface area contributed by atoms with Crippen molar-refractivity contribution in [1.29, 1.82) is 0 Å². The molecule has 1 aliphatic heterocycles. The summed E-state index contributed by atoms with van der Waals surface area (Å²) >= 11 is 0. The molecule has 0 bridgehead atoms. The van der Waals surface area contributed by atoms with Crippen LogP contribution in [0.1, 0.15) is 65.2 Å². The third-order valence-electron chi connectivity index (χ3n) is 9.08. The number of rotatable bonds is 0. The second-order valence-corrected chi connectivity index (χ2v) is 10.4. The van der Waals surface area contributed by atoms with Crippen LogP contribution in [0.15, 0.2) is 0 Å². The highest BCUT2D eigenvalue weighted by atomic mass is 19.3. The predicted octanol–water partition coefficient (Wildman–Crippen LogP) is 4.38. The van der Waals surface area contributed by atoms with Gasteiger partial charge in [-0.25, -0.2) is 8.78 Å². The lowest BCUT2D eigenvalue weighted by atomic mass is 9.48. The van der Waals surface area contributed by atoms with E-state index in [4.69, 9.17) is 9.47 Å². The molecule has 148 valence electrons. The third kappa shape index (κ3) is 2.26. The lowest BCUT2D eigenvalue weighted by Gasteiger charge is -2.59. The predicted molar refractivity (Wildman–Crippen MR) is 92.7 cm³/mol. The summed E-state index contributed by atoms with van der Waals surface area (Å²) in [4.78, 5) is 0. The topological polar surface area (TPSA) is 38.7 Å². The maximum absolute atomic E-state index is 15.2. The van der Waals surface area contributed by atoms with Crippen LogP contribution in [0, 0.1) is 35.0 Å². The Morgan fingerprint density at radius 3 is 2.23 bits per heavy atom. The second kappa shape index (κ2) is 5.42. The zero-order chi connectivity index (χ0) is 18.4. The molecule has 0 aromatic heterocycles. The van der Waals surface area contributed by atoms with Crippen molar-refractivity contribution < 1.29 is 23.4 Å². The fraction of sp³-hybridized carbons (Fsp3) is 1.00. The van der Waals surface area contributed by atoms with Gasteiger partial charge in [0.1, 0.15) is 0 Å². The maximum Gasteiger partial charge on any atom is 0.251 e. The molecule has 7 atom stereocenters. The number of ether oxygens (including phenoxy) is 2. The quantitative estimate of drug-likeness (QED) is 0.688. The molecule has 3 nitrogen and oxygen atoms in total. The molecule has 0 radical (unpaired) electrons. The molecule has 1 spiro atoms. The molecule has 4 aliphatic carbocycles. The highest BCUT2D eigenvalue weighted by molar-refractivity contribution is 5.13. The van der Waals surface area contributed by atoms with E-state index in [9.17, 15) is 5.11 Å².